The quantitative estimate of drug-likeness (QED) is 0.796. The zero-order chi connectivity index (χ0) is 10.9. The standard InChI is InChI=1S/C10H16N2O2/c1-6(2)10-7(3)8(5-9(13)14)12(4)11-10/h6H,5H2,1-4H3,(H,13,14). The third-order valence-corrected chi connectivity index (χ3v) is 2.33. The third kappa shape index (κ3) is 1.95. The van der Waals surface area contributed by atoms with Gasteiger partial charge >= 0.3 is 5.97 Å². The fourth-order valence-electron chi connectivity index (χ4n) is 1.63. The molecule has 0 unspecified atom stereocenters. The Morgan fingerprint density at radius 2 is 2.14 bits per heavy atom. The molecule has 4 heteroatoms. The number of aliphatic carboxylic acids is 1. The number of aromatic nitrogens is 2. The van der Waals surface area contributed by atoms with Crippen molar-refractivity contribution in [3.63, 3.8) is 0 Å². The van der Waals surface area contributed by atoms with Gasteiger partial charge in [-0.3, -0.25) is 9.48 Å². The lowest BCUT2D eigenvalue weighted by Gasteiger charge is -2.01. The lowest BCUT2D eigenvalue weighted by Crippen LogP contribution is -2.07. The van der Waals surface area contributed by atoms with Crippen molar-refractivity contribution in [2.24, 2.45) is 7.05 Å². The summed E-state index contributed by atoms with van der Waals surface area (Å²) in [5.74, 6) is -0.477. The van der Waals surface area contributed by atoms with Crippen LogP contribution in [0.4, 0.5) is 0 Å². The molecule has 0 aliphatic rings. The van der Waals surface area contributed by atoms with E-state index in [0.29, 0.717) is 5.92 Å². The Hall–Kier alpha value is -1.32. The smallest absolute Gasteiger partial charge is 0.309 e. The summed E-state index contributed by atoms with van der Waals surface area (Å²) in [6, 6.07) is 0. The summed E-state index contributed by atoms with van der Waals surface area (Å²) in [6.07, 6.45) is 0.0437. The molecule has 0 spiro atoms. The van der Waals surface area contributed by atoms with Crippen LogP contribution < -0.4 is 0 Å². The van der Waals surface area contributed by atoms with E-state index in [2.05, 4.69) is 18.9 Å². The van der Waals surface area contributed by atoms with Crippen LogP contribution in [0, 0.1) is 6.92 Å². The highest BCUT2D eigenvalue weighted by molar-refractivity contribution is 5.70. The Kier molecular flexibility index (Phi) is 2.93. The van der Waals surface area contributed by atoms with E-state index in [1.165, 1.54) is 0 Å². The van der Waals surface area contributed by atoms with Crippen LogP contribution in [-0.2, 0) is 18.3 Å². The third-order valence-electron chi connectivity index (χ3n) is 2.33. The number of rotatable bonds is 3. The van der Waals surface area contributed by atoms with E-state index in [9.17, 15) is 4.79 Å². The van der Waals surface area contributed by atoms with Crippen LogP contribution >= 0.6 is 0 Å². The first-order valence-electron chi connectivity index (χ1n) is 4.67. The molecule has 14 heavy (non-hydrogen) atoms. The predicted octanol–water partition coefficient (Wildman–Crippen LogP) is 1.48. The Bertz CT molecular complexity index is 353. The monoisotopic (exact) mass is 196 g/mol. The van der Waals surface area contributed by atoms with Crippen LogP contribution in [0.2, 0.25) is 0 Å². The Balaban J connectivity index is 3.11. The first-order chi connectivity index (χ1) is 6.43. The zero-order valence-corrected chi connectivity index (χ0v) is 9.03. The number of carboxylic acids is 1. The lowest BCUT2D eigenvalue weighted by atomic mass is 10.0. The van der Waals surface area contributed by atoms with Gasteiger partial charge in [0.25, 0.3) is 0 Å². The van der Waals surface area contributed by atoms with Crippen LogP contribution in [0.3, 0.4) is 0 Å². The SMILES string of the molecule is Cc1c(C(C)C)nn(C)c1CC(=O)O. The fraction of sp³-hybridized carbons (Fsp3) is 0.600. The summed E-state index contributed by atoms with van der Waals surface area (Å²) in [5, 5.41) is 13.0. The number of hydrogen-bond donors (Lipinski definition) is 1. The van der Waals surface area contributed by atoms with Crippen molar-refractivity contribution in [2.45, 2.75) is 33.1 Å². The van der Waals surface area contributed by atoms with Gasteiger partial charge in [0.15, 0.2) is 0 Å². The van der Waals surface area contributed by atoms with Crippen LogP contribution in [0.25, 0.3) is 0 Å². The summed E-state index contributed by atoms with van der Waals surface area (Å²) >= 11 is 0. The van der Waals surface area contributed by atoms with Gasteiger partial charge in [0.05, 0.1) is 17.8 Å². The second-order valence-corrected chi connectivity index (χ2v) is 3.81. The maximum absolute atomic E-state index is 10.6. The summed E-state index contributed by atoms with van der Waals surface area (Å²) in [4.78, 5) is 10.6. The van der Waals surface area contributed by atoms with Crippen molar-refractivity contribution < 1.29 is 9.90 Å². The molecule has 1 aromatic rings. The lowest BCUT2D eigenvalue weighted by molar-refractivity contribution is -0.136. The van der Waals surface area contributed by atoms with Crippen LogP contribution in [0.5, 0.6) is 0 Å². The van der Waals surface area contributed by atoms with Crippen molar-refractivity contribution in [1.82, 2.24) is 9.78 Å². The number of aryl methyl sites for hydroxylation is 1. The molecule has 0 aliphatic carbocycles. The molecule has 78 valence electrons. The molecule has 0 fully saturated rings. The molecule has 0 amide bonds. The largest absolute Gasteiger partial charge is 0.481 e. The number of nitrogens with zero attached hydrogens (tertiary/aromatic N) is 2. The van der Waals surface area contributed by atoms with Crippen molar-refractivity contribution in [3.8, 4) is 0 Å². The zero-order valence-electron chi connectivity index (χ0n) is 9.03. The van der Waals surface area contributed by atoms with Gasteiger partial charge in [-0.2, -0.15) is 5.10 Å². The molecule has 0 aromatic carbocycles. The summed E-state index contributed by atoms with van der Waals surface area (Å²) < 4.78 is 1.67. The molecule has 1 aromatic heterocycles. The predicted molar refractivity (Wildman–Crippen MR) is 53.4 cm³/mol. The second kappa shape index (κ2) is 3.82. The van der Waals surface area contributed by atoms with Crippen molar-refractivity contribution >= 4 is 5.97 Å². The first-order valence-corrected chi connectivity index (χ1v) is 4.67. The van der Waals surface area contributed by atoms with E-state index >= 15 is 0 Å². The normalized spacial score (nSPS) is 10.9. The van der Waals surface area contributed by atoms with Gasteiger partial charge in [-0.1, -0.05) is 13.8 Å². The molecule has 0 saturated carbocycles. The van der Waals surface area contributed by atoms with Crippen LogP contribution in [0.1, 0.15) is 36.7 Å². The highest BCUT2D eigenvalue weighted by atomic mass is 16.4. The van der Waals surface area contributed by atoms with Crippen LogP contribution in [-0.4, -0.2) is 20.9 Å². The Labute approximate surface area is 83.5 Å². The molecule has 4 nitrogen and oxygen atoms in total. The van der Waals surface area contributed by atoms with E-state index in [4.69, 9.17) is 5.11 Å². The fourth-order valence-corrected chi connectivity index (χ4v) is 1.63. The molecular weight excluding hydrogens is 180 g/mol. The summed E-state index contributed by atoms with van der Waals surface area (Å²) in [7, 11) is 1.79. The van der Waals surface area contributed by atoms with Gasteiger partial charge in [0.1, 0.15) is 0 Å². The average molecular weight is 196 g/mol. The topological polar surface area (TPSA) is 55.1 Å². The maximum Gasteiger partial charge on any atom is 0.309 e. The second-order valence-electron chi connectivity index (χ2n) is 3.81. The average Bonchev–Trinajstić information content (AvgIpc) is 2.31. The minimum Gasteiger partial charge on any atom is -0.481 e. The summed E-state index contributed by atoms with van der Waals surface area (Å²) in [5.41, 5.74) is 2.79. The highest BCUT2D eigenvalue weighted by Crippen LogP contribution is 2.20. The number of carbonyl (C=O) groups is 1. The molecule has 0 bridgehead atoms. The van der Waals surface area contributed by atoms with Gasteiger partial charge in [-0.25, -0.2) is 0 Å². The van der Waals surface area contributed by atoms with Crippen molar-refractivity contribution in [2.75, 3.05) is 0 Å². The van der Waals surface area contributed by atoms with Gasteiger partial charge in [0, 0.05) is 7.05 Å². The van der Waals surface area contributed by atoms with E-state index in [1.54, 1.807) is 11.7 Å². The minimum atomic E-state index is -0.814. The molecule has 0 atom stereocenters. The van der Waals surface area contributed by atoms with Gasteiger partial charge in [0.2, 0.25) is 0 Å². The van der Waals surface area contributed by atoms with Gasteiger partial charge in [-0.05, 0) is 18.4 Å². The number of hydrogen-bond acceptors (Lipinski definition) is 2. The van der Waals surface area contributed by atoms with E-state index in [1.807, 2.05) is 6.92 Å². The molecule has 1 heterocycles. The number of carboxylic acid groups (broad SMARTS) is 1. The minimum absolute atomic E-state index is 0.0437. The molecule has 1 N–H and O–H groups in total. The van der Waals surface area contributed by atoms with E-state index < -0.39 is 5.97 Å². The summed E-state index contributed by atoms with van der Waals surface area (Å²) in [6.45, 7) is 6.04. The molecule has 1 rings (SSSR count). The van der Waals surface area contributed by atoms with Crippen molar-refractivity contribution in [3.05, 3.63) is 17.0 Å². The van der Waals surface area contributed by atoms with Crippen LogP contribution in [0.15, 0.2) is 0 Å². The van der Waals surface area contributed by atoms with Gasteiger partial charge < -0.3 is 5.11 Å². The molecule has 0 saturated heterocycles. The molecule has 0 radical (unpaired) electrons. The Morgan fingerprint density at radius 3 is 2.50 bits per heavy atom. The highest BCUT2D eigenvalue weighted by Gasteiger charge is 2.16. The first kappa shape index (κ1) is 10.8. The maximum atomic E-state index is 10.6. The molecule has 0 aliphatic heterocycles. The van der Waals surface area contributed by atoms with Crippen molar-refractivity contribution in [1.29, 1.82) is 0 Å². The Morgan fingerprint density at radius 1 is 1.57 bits per heavy atom. The van der Waals surface area contributed by atoms with E-state index in [-0.39, 0.29) is 6.42 Å². The van der Waals surface area contributed by atoms with Gasteiger partial charge in [-0.15, -0.1) is 0 Å². The molecular formula is C10H16N2O2. The van der Waals surface area contributed by atoms with E-state index in [0.717, 1.165) is 17.0 Å².